The van der Waals surface area contributed by atoms with Crippen molar-refractivity contribution in [3.63, 3.8) is 0 Å². The highest BCUT2D eigenvalue weighted by molar-refractivity contribution is 14.2. The largest absolute Gasteiger partial charge is 0.420 e. The molecule has 1 heterocycles. The maximum Gasteiger partial charge on any atom is 0.420 e. The lowest BCUT2D eigenvalue weighted by Gasteiger charge is -2.18. The molecule has 0 N–H and O–H groups in total. The van der Waals surface area contributed by atoms with Crippen LogP contribution >= 0.6 is 30.4 Å². The molecular formula is C8H4F3IN2OS. The topological polar surface area (TPSA) is 45.9 Å². The fraction of sp³-hybridized carbons (Fsp3) is 0.250. The van der Waals surface area contributed by atoms with Crippen molar-refractivity contribution >= 4 is 30.4 Å². The maximum atomic E-state index is 12.5. The van der Waals surface area contributed by atoms with Crippen LogP contribution in [0.4, 0.5) is 13.2 Å². The van der Waals surface area contributed by atoms with E-state index in [4.69, 9.17) is 5.26 Å². The first-order valence-corrected chi connectivity index (χ1v) is 7.14. The molecule has 1 rings (SSSR count). The van der Waals surface area contributed by atoms with Crippen LogP contribution in [-0.2, 0) is 4.18 Å². The van der Waals surface area contributed by atoms with E-state index in [0.717, 1.165) is 6.20 Å². The van der Waals surface area contributed by atoms with Gasteiger partial charge in [0.25, 0.3) is 0 Å². The Hall–Kier alpha value is -0.530. The summed E-state index contributed by atoms with van der Waals surface area (Å²) in [6, 6.07) is 4.12. The molecule has 1 unspecified atom stereocenters. The molecule has 0 spiro atoms. The van der Waals surface area contributed by atoms with Crippen molar-refractivity contribution in [2.24, 2.45) is 0 Å². The average molecular weight is 360 g/mol. The van der Waals surface area contributed by atoms with Crippen LogP contribution in [0.15, 0.2) is 18.3 Å². The van der Waals surface area contributed by atoms with Crippen molar-refractivity contribution in [3.8, 4) is 6.07 Å². The number of rotatable bonds is 3. The van der Waals surface area contributed by atoms with Crippen LogP contribution in [0.25, 0.3) is 0 Å². The van der Waals surface area contributed by atoms with Crippen molar-refractivity contribution in [1.29, 1.82) is 5.26 Å². The van der Waals surface area contributed by atoms with Gasteiger partial charge >= 0.3 is 6.18 Å². The summed E-state index contributed by atoms with van der Waals surface area (Å²) in [6.45, 7) is 0. The maximum absolute atomic E-state index is 12.5. The Balaban J connectivity index is 2.98. The molecule has 0 saturated heterocycles. The molecule has 0 saturated carbocycles. The second kappa shape index (κ2) is 5.70. The summed E-state index contributed by atoms with van der Waals surface area (Å²) in [7, 11) is 0.599. The predicted molar refractivity (Wildman–Crippen MR) is 60.4 cm³/mol. The van der Waals surface area contributed by atoms with E-state index in [1.165, 1.54) is 12.1 Å². The van der Waals surface area contributed by atoms with E-state index in [1.807, 2.05) is 0 Å². The summed E-state index contributed by atoms with van der Waals surface area (Å²) in [5, 5.41) is 8.46. The van der Waals surface area contributed by atoms with Gasteiger partial charge in [0.05, 0.1) is 9.21 Å². The fourth-order valence-electron chi connectivity index (χ4n) is 0.962. The lowest BCUT2D eigenvalue weighted by Crippen LogP contribution is -2.21. The monoisotopic (exact) mass is 360 g/mol. The molecule has 0 aliphatic carbocycles. The number of nitriles is 1. The third kappa shape index (κ3) is 3.50. The SMILES string of the molecule is N#Cc1ccc(C(OSI)C(F)(F)F)cn1. The summed E-state index contributed by atoms with van der Waals surface area (Å²) >= 11 is 1.61. The quantitative estimate of drug-likeness (QED) is 0.611. The highest BCUT2D eigenvalue weighted by Gasteiger charge is 2.42. The van der Waals surface area contributed by atoms with Gasteiger partial charge in [0, 0.05) is 33.0 Å². The van der Waals surface area contributed by atoms with Crippen LogP contribution in [0.2, 0.25) is 0 Å². The van der Waals surface area contributed by atoms with Gasteiger partial charge in [0.15, 0.2) is 6.10 Å². The predicted octanol–water partition coefficient (Wildman–Crippen LogP) is 3.57. The zero-order chi connectivity index (χ0) is 12.2. The minimum atomic E-state index is -4.51. The molecular weight excluding hydrogens is 356 g/mol. The Morgan fingerprint density at radius 2 is 2.19 bits per heavy atom. The molecule has 0 fully saturated rings. The molecule has 0 bridgehead atoms. The van der Waals surface area contributed by atoms with Crippen LogP contribution < -0.4 is 0 Å². The van der Waals surface area contributed by atoms with E-state index in [0.29, 0.717) is 9.21 Å². The molecule has 0 aromatic carbocycles. The molecule has 1 aromatic heterocycles. The van der Waals surface area contributed by atoms with E-state index in [2.05, 4.69) is 9.17 Å². The number of hydrogen-bond acceptors (Lipinski definition) is 4. The molecule has 0 aliphatic rings. The fourth-order valence-corrected chi connectivity index (χ4v) is 1.88. The summed E-state index contributed by atoms with van der Waals surface area (Å²) in [4.78, 5) is 3.56. The number of nitrogens with zero attached hydrogens (tertiary/aromatic N) is 2. The molecule has 0 aliphatic heterocycles. The summed E-state index contributed by atoms with van der Waals surface area (Å²) in [5.74, 6) is 0. The number of halogens is 4. The van der Waals surface area contributed by atoms with Gasteiger partial charge in [-0.15, -0.1) is 0 Å². The van der Waals surface area contributed by atoms with Gasteiger partial charge in [-0.25, -0.2) is 4.98 Å². The molecule has 1 atom stereocenters. The normalized spacial score (nSPS) is 13.2. The number of pyridine rings is 1. The van der Waals surface area contributed by atoms with Crippen molar-refractivity contribution in [1.82, 2.24) is 4.98 Å². The zero-order valence-electron chi connectivity index (χ0n) is 7.53. The van der Waals surface area contributed by atoms with Crippen molar-refractivity contribution < 1.29 is 17.4 Å². The standard InChI is InChI=1S/C8H4F3IN2OS/c9-8(10,11)7(15-16-12)5-1-2-6(3-13)14-4-5/h1-2,4,7H. The zero-order valence-corrected chi connectivity index (χ0v) is 10.5. The number of alkyl halides is 3. The van der Waals surface area contributed by atoms with E-state index in [9.17, 15) is 13.2 Å². The van der Waals surface area contributed by atoms with E-state index < -0.39 is 12.3 Å². The van der Waals surface area contributed by atoms with Gasteiger partial charge < -0.3 is 0 Å². The molecule has 1 aromatic rings. The molecule has 8 heteroatoms. The Morgan fingerprint density at radius 1 is 1.50 bits per heavy atom. The van der Waals surface area contributed by atoms with Crippen LogP contribution in [0.1, 0.15) is 17.4 Å². The van der Waals surface area contributed by atoms with Gasteiger partial charge in [-0.3, -0.25) is 4.18 Å². The first-order valence-electron chi connectivity index (χ1n) is 3.86. The lowest BCUT2D eigenvalue weighted by molar-refractivity contribution is -0.193. The Bertz CT molecular complexity index is 390. The average Bonchev–Trinajstić information content (AvgIpc) is 2.25. The van der Waals surface area contributed by atoms with E-state index >= 15 is 0 Å². The lowest BCUT2D eigenvalue weighted by atomic mass is 10.1. The van der Waals surface area contributed by atoms with Gasteiger partial charge in [0.1, 0.15) is 11.8 Å². The second-order valence-corrected chi connectivity index (χ2v) is 4.07. The Kier molecular flexibility index (Phi) is 4.82. The van der Waals surface area contributed by atoms with Crippen molar-refractivity contribution in [2.45, 2.75) is 12.3 Å². The minimum Gasteiger partial charge on any atom is -0.287 e. The van der Waals surface area contributed by atoms with E-state index in [-0.39, 0.29) is 11.3 Å². The summed E-state index contributed by atoms with van der Waals surface area (Å²) in [6.07, 6.45) is -5.55. The highest BCUT2D eigenvalue weighted by Crippen LogP contribution is 2.39. The Morgan fingerprint density at radius 3 is 2.56 bits per heavy atom. The van der Waals surface area contributed by atoms with Crippen LogP contribution in [-0.4, -0.2) is 11.2 Å². The third-order valence-corrected chi connectivity index (χ3v) is 2.52. The van der Waals surface area contributed by atoms with Gasteiger partial charge in [-0.1, -0.05) is 6.07 Å². The van der Waals surface area contributed by atoms with E-state index in [1.54, 1.807) is 27.3 Å². The molecule has 86 valence electrons. The smallest absolute Gasteiger partial charge is 0.287 e. The number of hydrogen-bond donors (Lipinski definition) is 0. The first-order chi connectivity index (χ1) is 7.49. The van der Waals surface area contributed by atoms with Gasteiger partial charge in [-0.2, -0.15) is 18.4 Å². The second-order valence-electron chi connectivity index (χ2n) is 2.67. The molecule has 3 nitrogen and oxygen atoms in total. The third-order valence-electron chi connectivity index (χ3n) is 1.63. The summed E-state index contributed by atoms with van der Waals surface area (Å²) in [5.41, 5.74) is -0.0672. The molecule has 0 radical (unpaired) electrons. The van der Waals surface area contributed by atoms with Gasteiger partial charge in [-0.05, 0) is 6.07 Å². The molecule has 0 amide bonds. The first kappa shape index (κ1) is 13.5. The van der Waals surface area contributed by atoms with Crippen LogP contribution in [0.3, 0.4) is 0 Å². The van der Waals surface area contributed by atoms with Gasteiger partial charge in [0.2, 0.25) is 0 Å². The van der Waals surface area contributed by atoms with Crippen molar-refractivity contribution in [3.05, 3.63) is 29.6 Å². The highest BCUT2D eigenvalue weighted by atomic mass is 127. The number of aromatic nitrogens is 1. The van der Waals surface area contributed by atoms with Crippen LogP contribution in [0.5, 0.6) is 0 Å². The van der Waals surface area contributed by atoms with Crippen LogP contribution in [0, 0.1) is 11.3 Å². The Labute approximate surface area is 106 Å². The summed E-state index contributed by atoms with van der Waals surface area (Å²) < 4.78 is 42.1. The minimum absolute atomic E-state index is 0.0619. The van der Waals surface area contributed by atoms with Crippen molar-refractivity contribution in [2.75, 3.05) is 0 Å². The molecule has 16 heavy (non-hydrogen) atoms.